The predicted octanol–water partition coefficient (Wildman–Crippen LogP) is 3.87. The summed E-state index contributed by atoms with van der Waals surface area (Å²) in [5.41, 5.74) is -0.200. The van der Waals surface area contributed by atoms with Gasteiger partial charge in [-0.3, -0.25) is 14.3 Å². The Hall–Kier alpha value is -2.98. The van der Waals surface area contributed by atoms with Crippen LogP contribution in [0.1, 0.15) is 0 Å². The minimum absolute atomic E-state index is 0.137. The van der Waals surface area contributed by atoms with Crippen LogP contribution >= 0.6 is 0 Å². The van der Waals surface area contributed by atoms with Crippen molar-refractivity contribution in [1.82, 2.24) is 4.98 Å². The fourth-order valence-electron chi connectivity index (χ4n) is 2.46. The van der Waals surface area contributed by atoms with Crippen LogP contribution < -0.4 is 18.9 Å². The topological polar surface area (TPSA) is 89.9 Å². The van der Waals surface area contributed by atoms with Gasteiger partial charge in [0.25, 0.3) is 11.3 Å². The van der Waals surface area contributed by atoms with Crippen LogP contribution in [0.2, 0.25) is 0 Å². The van der Waals surface area contributed by atoms with E-state index in [1.165, 1.54) is 26.5 Å². The van der Waals surface area contributed by atoms with Crippen molar-refractivity contribution in [2.75, 3.05) is 18.9 Å². The number of hydrogen-bond donors (Lipinski definition) is 2. The molecule has 0 spiro atoms. The third-order valence-electron chi connectivity index (χ3n) is 3.64. The summed E-state index contributed by atoms with van der Waals surface area (Å²) in [7, 11) is 2.97. The van der Waals surface area contributed by atoms with Crippen molar-refractivity contribution >= 4 is 27.9 Å². The molecule has 1 unspecified atom stereocenters. The number of pyridine rings is 1. The predicted molar refractivity (Wildman–Crippen MR) is 95.7 cm³/mol. The van der Waals surface area contributed by atoms with Crippen LogP contribution in [0.25, 0.3) is 10.9 Å². The lowest BCUT2D eigenvalue weighted by molar-refractivity contribution is 0.355. The van der Waals surface area contributed by atoms with Gasteiger partial charge < -0.3 is 14.2 Å². The molecule has 142 valence electrons. The molecule has 0 radical (unpaired) electrons. The van der Waals surface area contributed by atoms with Gasteiger partial charge in [-0.2, -0.15) is 0 Å². The molecular formula is C17H14F2N2O5S. The number of hydrogen-bond acceptors (Lipinski definition) is 5. The van der Waals surface area contributed by atoms with Gasteiger partial charge in [-0.05, 0) is 12.1 Å². The average Bonchev–Trinajstić information content (AvgIpc) is 2.63. The van der Waals surface area contributed by atoms with Gasteiger partial charge in [0.1, 0.15) is 17.2 Å². The Morgan fingerprint density at radius 3 is 2.26 bits per heavy atom. The second-order valence-corrected chi connectivity index (χ2v) is 5.95. The Kier molecular flexibility index (Phi) is 5.38. The molecule has 0 bridgehead atoms. The van der Waals surface area contributed by atoms with E-state index in [4.69, 9.17) is 18.8 Å². The molecule has 1 aromatic heterocycles. The Labute approximate surface area is 155 Å². The van der Waals surface area contributed by atoms with E-state index >= 15 is 0 Å². The summed E-state index contributed by atoms with van der Waals surface area (Å²) < 4.78 is 65.4. The molecule has 7 nitrogen and oxygen atoms in total. The van der Waals surface area contributed by atoms with E-state index < -0.39 is 28.6 Å². The lowest BCUT2D eigenvalue weighted by atomic mass is 10.2. The highest BCUT2D eigenvalue weighted by Crippen LogP contribution is 2.37. The first-order valence-electron chi connectivity index (χ1n) is 7.48. The smallest absolute Gasteiger partial charge is 0.259 e. The molecule has 3 aromatic rings. The standard InChI is InChI=1S/C17H14F2N2O5S/c1-24-15-7-10-13(8-16(15)25-2)20-4-3-14(10)26-9-5-11(18)17(12(19)6-9)21-27(22)23/h3-8,21H,1-2H3,(H,22,23). The molecule has 0 aliphatic rings. The maximum atomic E-state index is 14.0. The van der Waals surface area contributed by atoms with Gasteiger partial charge in [-0.1, -0.05) is 0 Å². The maximum Gasteiger partial charge on any atom is 0.259 e. The van der Waals surface area contributed by atoms with Crippen LogP contribution in [0, 0.1) is 11.6 Å². The summed E-state index contributed by atoms with van der Waals surface area (Å²) in [6, 6.07) is 6.59. The summed E-state index contributed by atoms with van der Waals surface area (Å²) in [6.45, 7) is 0. The van der Waals surface area contributed by atoms with Crippen molar-refractivity contribution in [1.29, 1.82) is 0 Å². The molecule has 2 aromatic carbocycles. The average molecular weight is 396 g/mol. The van der Waals surface area contributed by atoms with E-state index in [-0.39, 0.29) is 11.5 Å². The van der Waals surface area contributed by atoms with Gasteiger partial charge >= 0.3 is 0 Å². The van der Waals surface area contributed by atoms with Gasteiger partial charge in [0.05, 0.1) is 19.7 Å². The van der Waals surface area contributed by atoms with Crippen LogP contribution in [0.3, 0.4) is 0 Å². The zero-order valence-corrected chi connectivity index (χ0v) is 15.0. The van der Waals surface area contributed by atoms with E-state index in [0.29, 0.717) is 22.4 Å². The number of nitrogens with one attached hydrogen (secondary N) is 1. The van der Waals surface area contributed by atoms with Crippen molar-refractivity contribution in [3.05, 3.63) is 48.2 Å². The van der Waals surface area contributed by atoms with Gasteiger partial charge in [-0.15, -0.1) is 0 Å². The van der Waals surface area contributed by atoms with Gasteiger partial charge in [0.2, 0.25) is 0 Å². The number of nitrogens with zero attached hydrogens (tertiary/aromatic N) is 1. The second kappa shape index (κ2) is 7.72. The molecule has 2 N–H and O–H groups in total. The number of anilines is 1. The Morgan fingerprint density at radius 1 is 1.04 bits per heavy atom. The van der Waals surface area contributed by atoms with Crippen molar-refractivity contribution in [3.8, 4) is 23.0 Å². The molecule has 10 heteroatoms. The van der Waals surface area contributed by atoms with Crippen molar-refractivity contribution in [3.63, 3.8) is 0 Å². The van der Waals surface area contributed by atoms with Crippen molar-refractivity contribution in [2.24, 2.45) is 0 Å². The number of aromatic nitrogens is 1. The van der Waals surface area contributed by atoms with E-state index in [9.17, 15) is 13.0 Å². The molecular weight excluding hydrogens is 382 g/mol. The number of methoxy groups -OCH3 is 2. The number of fused-ring (bicyclic) bond motifs is 1. The Bertz CT molecular complexity index is 1010. The van der Waals surface area contributed by atoms with Gasteiger partial charge in [-0.25, -0.2) is 13.0 Å². The van der Waals surface area contributed by atoms with Gasteiger partial charge in [0, 0.05) is 29.8 Å². The molecule has 0 aliphatic heterocycles. The van der Waals surface area contributed by atoms with E-state index in [0.717, 1.165) is 12.1 Å². The normalized spacial score (nSPS) is 11.9. The SMILES string of the molecule is COc1cc2nccc(Oc3cc(F)c(NS(=O)O)c(F)c3)c2cc1OC. The quantitative estimate of drug-likeness (QED) is 0.615. The third kappa shape index (κ3) is 3.91. The molecule has 1 heterocycles. The summed E-state index contributed by atoms with van der Waals surface area (Å²) in [5, 5.41) is 0.537. The van der Waals surface area contributed by atoms with Gasteiger partial charge in [0.15, 0.2) is 23.1 Å². The summed E-state index contributed by atoms with van der Waals surface area (Å²) >= 11 is -2.61. The maximum absolute atomic E-state index is 14.0. The largest absolute Gasteiger partial charge is 0.493 e. The van der Waals surface area contributed by atoms with Crippen LogP contribution in [-0.4, -0.2) is 28.0 Å². The highest BCUT2D eigenvalue weighted by molar-refractivity contribution is 7.80. The van der Waals surface area contributed by atoms with Crippen LogP contribution in [0.4, 0.5) is 14.5 Å². The Morgan fingerprint density at radius 2 is 1.67 bits per heavy atom. The molecule has 0 fully saturated rings. The van der Waals surface area contributed by atoms with Crippen LogP contribution in [-0.2, 0) is 11.3 Å². The molecule has 27 heavy (non-hydrogen) atoms. The lowest BCUT2D eigenvalue weighted by Gasteiger charge is -2.13. The van der Waals surface area contributed by atoms with Crippen LogP contribution in [0.5, 0.6) is 23.0 Å². The molecule has 0 aliphatic carbocycles. The fourth-order valence-corrected chi connectivity index (χ4v) is 2.83. The molecule has 0 saturated heterocycles. The van der Waals surface area contributed by atoms with Crippen LogP contribution in [0.15, 0.2) is 36.5 Å². The number of halogens is 2. The third-order valence-corrected chi connectivity index (χ3v) is 4.02. The molecule has 0 amide bonds. The first-order valence-corrected chi connectivity index (χ1v) is 8.58. The molecule has 3 rings (SSSR count). The fraction of sp³-hybridized carbons (Fsp3) is 0.118. The minimum Gasteiger partial charge on any atom is -0.493 e. The van der Waals surface area contributed by atoms with E-state index in [1.807, 2.05) is 0 Å². The van der Waals surface area contributed by atoms with E-state index in [1.54, 1.807) is 16.9 Å². The summed E-state index contributed by atoms with van der Waals surface area (Å²) in [6.07, 6.45) is 1.47. The number of rotatable bonds is 6. The summed E-state index contributed by atoms with van der Waals surface area (Å²) in [4.78, 5) is 4.21. The molecule has 0 saturated carbocycles. The lowest BCUT2D eigenvalue weighted by Crippen LogP contribution is -2.06. The highest BCUT2D eigenvalue weighted by Gasteiger charge is 2.16. The minimum atomic E-state index is -2.61. The number of ether oxygens (including phenoxy) is 3. The monoisotopic (exact) mass is 396 g/mol. The first-order chi connectivity index (χ1) is 12.9. The first kappa shape index (κ1) is 18.8. The van der Waals surface area contributed by atoms with Crippen molar-refractivity contribution in [2.45, 2.75) is 0 Å². The van der Waals surface area contributed by atoms with Crippen molar-refractivity contribution < 1.29 is 31.8 Å². The Balaban J connectivity index is 2.03. The second-order valence-electron chi connectivity index (χ2n) is 5.25. The highest BCUT2D eigenvalue weighted by atomic mass is 32.2. The molecule has 1 atom stereocenters. The van der Waals surface area contributed by atoms with E-state index in [2.05, 4.69) is 4.98 Å². The summed E-state index contributed by atoms with van der Waals surface area (Å²) in [5.74, 6) is -1.10. The number of benzene rings is 2. The zero-order valence-electron chi connectivity index (χ0n) is 14.2. The zero-order chi connectivity index (χ0) is 19.6.